The van der Waals surface area contributed by atoms with Crippen LogP contribution in [0.4, 0.5) is 30.7 Å². The lowest BCUT2D eigenvalue weighted by molar-refractivity contribution is -0.352. The molecule has 4 N–H and O–H groups in total. The predicted molar refractivity (Wildman–Crippen MR) is 112 cm³/mol. The Balaban J connectivity index is 1.84. The number of ether oxygens (including phenoxy) is 1. The molecule has 0 spiro atoms. The molecule has 0 bridgehead atoms. The van der Waals surface area contributed by atoms with Gasteiger partial charge in [-0.25, -0.2) is 8.42 Å². The second-order valence-corrected chi connectivity index (χ2v) is 10.4. The van der Waals surface area contributed by atoms with E-state index in [1.165, 1.54) is 17.4 Å². The molecule has 3 rings (SSSR count). The van der Waals surface area contributed by atoms with Crippen LogP contribution >= 0.6 is 15.9 Å². The Bertz CT molecular complexity index is 1300. The molecule has 36 heavy (non-hydrogen) atoms. The average Bonchev–Trinajstić information content (AvgIpc) is 3.16. The fraction of sp³-hybridized carbons (Fsp3) is 0.444. The summed E-state index contributed by atoms with van der Waals surface area (Å²) < 4.78 is 123. The van der Waals surface area contributed by atoms with Gasteiger partial charge in [0.25, 0.3) is 11.8 Å². The van der Waals surface area contributed by atoms with Gasteiger partial charge in [0.05, 0.1) is 13.2 Å². The average molecular weight is 613 g/mol. The number of morpholine rings is 1. The minimum atomic E-state index is -6.58. The van der Waals surface area contributed by atoms with Gasteiger partial charge in [-0.2, -0.15) is 35.0 Å². The van der Waals surface area contributed by atoms with Crippen molar-refractivity contribution in [3.05, 3.63) is 28.4 Å². The summed E-state index contributed by atoms with van der Waals surface area (Å²) in [6.45, 7) is -4.06. The number of H-pyrrole nitrogens is 1. The molecule has 1 atom stereocenters. The molecule has 1 aliphatic rings. The minimum Gasteiger partial charge on any atom is -0.366 e. The number of nitrogens with zero attached hydrogens (tertiary/aromatic N) is 1. The smallest absolute Gasteiger partial charge is 0.366 e. The topological polar surface area (TPSA) is 135 Å². The van der Waals surface area contributed by atoms with E-state index in [0.29, 0.717) is 8.78 Å². The van der Waals surface area contributed by atoms with Crippen LogP contribution < -0.4 is 11.1 Å². The van der Waals surface area contributed by atoms with Crippen molar-refractivity contribution in [1.29, 1.82) is 0 Å². The summed E-state index contributed by atoms with van der Waals surface area (Å²) in [6.07, 6.45) is -8.42. The van der Waals surface area contributed by atoms with Gasteiger partial charge in [-0.05, 0) is 18.2 Å². The Morgan fingerprint density at radius 3 is 2.42 bits per heavy atom. The predicted octanol–water partition coefficient (Wildman–Crippen LogP) is 2.37. The molecule has 1 saturated heterocycles. The van der Waals surface area contributed by atoms with Crippen molar-refractivity contribution in [1.82, 2.24) is 14.6 Å². The summed E-state index contributed by atoms with van der Waals surface area (Å²) in [5, 5.41) is 1.30. The van der Waals surface area contributed by atoms with Crippen molar-refractivity contribution in [2.75, 3.05) is 26.2 Å². The SMILES string of the molecule is NC(=O)c1[nH]c2ccc(Br)cc2c1S(=O)(=O)N1CCOC(C(=O)NCC(F)(F)C(F)(F)C(F)(F)F)C1. The molecule has 2 heterocycles. The molecule has 2 amide bonds. The summed E-state index contributed by atoms with van der Waals surface area (Å²) in [6, 6.07) is 4.38. The highest BCUT2D eigenvalue weighted by molar-refractivity contribution is 9.10. The number of carbonyl (C=O) groups is 2. The van der Waals surface area contributed by atoms with Crippen LogP contribution in [0.15, 0.2) is 27.6 Å². The summed E-state index contributed by atoms with van der Waals surface area (Å²) in [5.74, 6) is -14.8. The highest BCUT2D eigenvalue weighted by Crippen LogP contribution is 2.46. The zero-order valence-electron chi connectivity index (χ0n) is 17.6. The molecule has 1 aromatic carbocycles. The van der Waals surface area contributed by atoms with Gasteiger partial charge in [-0.3, -0.25) is 9.59 Å². The highest BCUT2D eigenvalue weighted by Gasteiger charge is 2.72. The first-order chi connectivity index (χ1) is 16.4. The maximum Gasteiger partial charge on any atom is 0.459 e. The Labute approximate surface area is 206 Å². The summed E-state index contributed by atoms with van der Waals surface area (Å²) in [7, 11) is -4.59. The van der Waals surface area contributed by atoms with Crippen LogP contribution in [0.1, 0.15) is 10.5 Å². The third kappa shape index (κ3) is 5.03. The third-order valence-corrected chi connectivity index (χ3v) is 7.62. The zero-order chi connectivity index (χ0) is 27.3. The lowest BCUT2D eigenvalue weighted by atomic mass is 10.1. The second kappa shape index (κ2) is 9.46. The number of rotatable bonds is 7. The van der Waals surface area contributed by atoms with Crippen molar-refractivity contribution in [2.24, 2.45) is 5.73 Å². The molecule has 1 aromatic heterocycles. The third-order valence-electron chi connectivity index (χ3n) is 5.18. The molecule has 1 unspecified atom stereocenters. The Morgan fingerprint density at radius 1 is 1.19 bits per heavy atom. The Morgan fingerprint density at radius 2 is 1.83 bits per heavy atom. The molecule has 0 radical (unpaired) electrons. The number of alkyl halides is 7. The van der Waals surface area contributed by atoms with Crippen molar-refractivity contribution in [3.63, 3.8) is 0 Å². The van der Waals surface area contributed by atoms with Crippen molar-refractivity contribution in [2.45, 2.75) is 29.0 Å². The van der Waals surface area contributed by atoms with Gasteiger partial charge in [0.1, 0.15) is 16.7 Å². The molecule has 0 aliphatic carbocycles. The van der Waals surface area contributed by atoms with Gasteiger partial charge in [-0.15, -0.1) is 0 Å². The number of carbonyl (C=O) groups excluding carboxylic acids is 2. The Kier molecular flexibility index (Phi) is 7.39. The van der Waals surface area contributed by atoms with Crippen molar-refractivity contribution in [3.8, 4) is 0 Å². The number of benzene rings is 1. The van der Waals surface area contributed by atoms with E-state index < -0.39 is 76.2 Å². The second-order valence-electron chi connectivity index (χ2n) is 7.60. The van der Waals surface area contributed by atoms with E-state index in [9.17, 15) is 48.7 Å². The van der Waals surface area contributed by atoms with Crippen LogP contribution in [0.2, 0.25) is 0 Å². The van der Waals surface area contributed by atoms with Crippen LogP contribution in [-0.4, -0.2) is 79.9 Å². The van der Waals surface area contributed by atoms with Crippen LogP contribution in [0.5, 0.6) is 0 Å². The first-order valence-corrected chi connectivity index (χ1v) is 12.0. The van der Waals surface area contributed by atoms with E-state index in [4.69, 9.17) is 10.5 Å². The van der Waals surface area contributed by atoms with Gasteiger partial charge in [0.15, 0.2) is 0 Å². The number of sulfonamides is 1. The van der Waals surface area contributed by atoms with Gasteiger partial charge < -0.3 is 20.8 Å². The molecule has 1 aliphatic heterocycles. The largest absolute Gasteiger partial charge is 0.459 e. The van der Waals surface area contributed by atoms with Crippen LogP contribution in [0.3, 0.4) is 0 Å². The van der Waals surface area contributed by atoms with Crippen LogP contribution in [0, 0.1) is 0 Å². The quantitative estimate of drug-likeness (QED) is 0.413. The maximum absolute atomic E-state index is 13.5. The molecule has 1 fully saturated rings. The van der Waals surface area contributed by atoms with Gasteiger partial charge in [-0.1, -0.05) is 15.9 Å². The number of nitrogens with two attached hydrogens (primary N) is 1. The molecule has 0 saturated carbocycles. The molecule has 18 heteroatoms. The molecular formula is C18H16BrF7N4O5S. The lowest BCUT2D eigenvalue weighted by Gasteiger charge is -2.32. The van der Waals surface area contributed by atoms with Gasteiger partial charge in [0, 0.05) is 28.5 Å². The van der Waals surface area contributed by atoms with Crippen molar-refractivity contribution >= 4 is 48.7 Å². The maximum atomic E-state index is 13.5. The number of fused-ring (bicyclic) bond motifs is 1. The number of aromatic nitrogens is 1. The van der Waals surface area contributed by atoms with E-state index in [-0.39, 0.29) is 17.4 Å². The van der Waals surface area contributed by atoms with E-state index >= 15 is 0 Å². The Hall–Kier alpha value is -2.44. The number of hydrogen-bond donors (Lipinski definition) is 3. The number of primary amides is 1. The first-order valence-electron chi connectivity index (χ1n) is 9.73. The normalized spacial score (nSPS) is 18.4. The summed E-state index contributed by atoms with van der Waals surface area (Å²) >= 11 is 3.17. The van der Waals surface area contributed by atoms with E-state index in [0.717, 1.165) is 0 Å². The molecule has 200 valence electrons. The van der Waals surface area contributed by atoms with Gasteiger partial charge >= 0.3 is 18.0 Å². The summed E-state index contributed by atoms with van der Waals surface area (Å²) in [5.41, 5.74) is 5.04. The van der Waals surface area contributed by atoms with Gasteiger partial charge in [0.2, 0.25) is 10.0 Å². The lowest BCUT2D eigenvalue weighted by Crippen LogP contribution is -2.59. The van der Waals surface area contributed by atoms with Crippen molar-refractivity contribution < 1.29 is 53.5 Å². The number of nitrogens with one attached hydrogen (secondary N) is 2. The monoisotopic (exact) mass is 612 g/mol. The highest BCUT2D eigenvalue weighted by atomic mass is 79.9. The number of amides is 2. The zero-order valence-corrected chi connectivity index (χ0v) is 20.0. The van der Waals surface area contributed by atoms with E-state index in [1.807, 2.05) is 0 Å². The number of aromatic amines is 1. The number of hydrogen-bond acceptors (Lipinski definition) is 5. The van der Waals surface area contributed by atoms with Crippen LogP contribution in [0.25, 0.3) is 10.9 Å². The van der Waals surface area contributed by atoms with E-state index in [1.54, 1.807) is 6.07 Å². The molecular weight excluding hydrogens is 597 g/mol. The standard InChI is InChI=1S/C18H16BrF7N4O5S/c19-8-1-2-10-9(5-8)13(12(29-10)14(27)31)36(33,34)30-3-4-35-11(6-30)15(32)28-7-16(20,21)17(22,23)18(24,25)26/h1-2,5,11,29H,3-4,6-7H2,(H2,27,31)(H,28,32). The molecule has 9 nitrogen and oxygen atoms in total. The molecule has 2 aromatic rings. The van der Waals surface area contributed by atoms with Crippen LogP contribution in [-0.2, 0) is 19.6 Å². The number of halogens is 8. The van der Waals surface area contributed by atoms with E-state index in [2.05, 4.69) is 20.9 Å². The minimum absolute atomic E-state index is 0.0553. The fourth-order valence-electron chi connectivity index (χ4n) is 3.34. The fourth-order valence-corrected chi connectivity index (χ4v) is 5.47. The summed E-state index contributed by atoms with van der Waals surface area (Å²) in [4.78, 5) is 26.2. The first kappa shape index (κ1) is 28.1.